The lowest BCUT2D eigenvalue weighted by molar-refractivity contribution is 0.0683. The molecule has 1 N–H and O–H groups in total. The van der Waals surface area contributed by atoms with E-state index in [2.05, 4.69) is 39.9 Å². The fourth-order valence-electron chi connectivity index (χ4n) is 4.94. The summed E-state index contributed by atoms with van der Waals surface area (Å²) in [5, 5.41) is 9.36. The maximum Gasteiger partial charge on any atom is 0.254 e. The molecule has 0 radical (unpaired) electrons. The van der Waals surface area contributed by atoms with Crippen molar-refractivity contribution in [2.24, 2.45) is 0 Å². The first-order valence-electron chi connectivity index (χ1n) is 11.0. The Kier molecular flexibility index (Phi) is 7.72. The number of pyridine rings is 1. The third-order valence-electron chi connectivity index (χ3n) is 6.61. The smallest absolute Gasteiger partial charge is 0.254 e. The molecule has 1 amide bonds. The van der Waals surface area contributed by atoms with Crippen LogP contribution in [0.4, 0.5) is 0 Å². The Bertz CT molecular complexity index is 938. The highest BCUT2D eigenvalue weighted by molar-refractivity contribution is 6.06. The molecule has 2 fully saturated rings. The summed E-state index contributed by atoms with van der Waals surface area (Å²) in [6.45, 7) is 12.6. The van der Waals surface area contributed by atoms with E-state index in [1.54, 1.807) is 0 Å². The molecule has 2 aromatic rings. The summed E-state index contributed by atoms with van der Waals surface area (Å²) in [5.41, 5.74) is 3.20. The minimum atomic E-state index is -0.199. The van der Waals surface area contributed by atoms with E-state index in [-0.39, 0.29) is 42.2 Å². The molecule has 0 aromatic carbocycles. The van der Waals surface area contributed by atoms with Crippen LogP contribution in [0.3, 0.4) is 0 Å². The van der Waals surface area contributed by atoms with Crippen molar-refractivity contribution >= 4 is 41.8 Å². The van der Waals surface area contributed by atoms with Gasteiger partial charge in [-0.05, 0) is 65.4 Å². The van der Waals surface area contributed by atoms with E-state index in [4.69, 9.17) is 10.1 Å². The Morgan fingerprint density at radius 1 is 1.19 bits per heavy atom. The van der Waals surface area contributed by atoms with Gasteiger partial charge in [0.15, 0.2) is 5.65 Å². The molecule has 0 saturated carbocycles. The minimum Gasteiger partial charge on any atom is -0.339 e. The molecule has 31 heavy (non-hydrogen) atoms. The van der Waals surface area contributed by atoms with Crippen molar-refractivity contribution in [1.29, 1.82) is 0 Å². The van der Waals surface area contributed by atoms with E-state index in [0.29, 0.717) is 18.1 Å². The number of hydrogen-bond acceptors (Lipinski definition) is 4. The molecule has 2 saturated heterocycles. The number of aromatic nitrogens is 3. The first kappa shape index (κ1) is 25.9. The molecule has 4 heterocycles. The normalized spacial score (nSPS) is 22.9. The second kappa shape index (κ2) is 9.24. The van der Waals surface area contributed by atoms with Crippen molar-refractivity contribution in [3.8, 4) is 0 Å². The summed E-state index contributed by atoms with van der Waals surface area (Å²) < 4.78 is 1.98. The molecule has 2 unspecified atom stereocenters. The van der Waals surface area contributed by atoms with Crippen LogP contribution < -0.4 is 5.32 Å². The van der Waals surface area contributed by atoms with Crippen molar-refractivity contribution in [3.63, 3.8) is 0 Å². The number of aryl methyl sites for hydroxylation is 1. The average molecular weight is 470 g/mol. The van der Waals surface area contributed by atoms with Gasteiger partial charge in [-0.1, -0.05) is 13.8 Å². The maximum absolute atomic E-state index is 13.7. The largest absolute Gasteiger partial charge is 0.339 e. The zero-order valence-electron chi connectivity index (χ0n) is 19.7. The maximum atomic E-state index is 13.7. The summed E-state index contributed by atoms with van der Waals surface area (Å²) in [7, 11) is 1.97. The van der Waals surface area contributed by atoms with Crippen LogP contribution in [0.5, 0.6) is 0 Å². The Morgan fingerprint density at radius 2 is 1.77 bits per heavy atom. The number of nitrogens with one attached hydrogen (secondary N) is 1. The van der Waals surface area contributed by atoms with Crippen LogP contribution in [0, 0.1) is 6.92 Å². The summed E-state index contributed by atoms with van der Waals surface area (Å²) in [6.07, 6.45) is 4.56. The molecule has 4 rings (SSSR count). The zero-order chi connectivity index (χ0) is 21.1. The topological polar surface area (TPSA) is 63.1 Å². The minimum absolute atomic E-state index is 0. The summed E-state index contributed by atoms with van der Waals surface area (Å²) in [5.74, 6) is 0.344. The number of halogens is 2. The molecule has 6 nitrogen and oxygen atoms in total. The predicted octanol–water partition coefficient (Wildman–Crippen LogP) is 4.82. The molecule has 2 atom stereocenters. The van der Waals surface area contributed by atoms with Crippen molar-refractivity contribution in [3.05, 3.63) is 23.0 Å². The second-order valence-corrected chi connectivity index (χ2v) is 10.3. The first-order valence-corrected chi connectivity index (χ1v) is 11.0. The Hall–Kier alpha value is -1.37. The number of hydrogen-bond donors (Lipinski definition) is 1. The van der Waals surface area contributed by atoms with Crippen molar-refractivity contribution in [1.82, 2.24) is 25.0 Å². The van der Waals surface area contributed by atoms with E-state index in [0.717, 1.165) is 40.8 Å². The predicted molar refractivity (Wildman–Crippen MR) is 131 cm³/mol. The standard InChI is InChI=1S/C23H35N5O.2ClH/c1-13(2)19-12-18(20-14(3)26-28(21(20)25-19)23(4,5)6)22(29)27(7)17-10-15-8-9-16(11-17)24-15;;/h12-13,15-17,24H,8-11H2,1-7H3;2*1H. The molecule has 0 aliphatic carbocycles. The Morgan fingerprint density at radius 3 is 2.29 bits per heavy atom. The highest BCUT2D eigenvalue weighted by atomic mass is 35.5. The number of carbonyl (C=O) groups is 1. The van der Waals surface area contributed by atoms with E-state index in [9.17, 15) is 4.79 Å². The van der Waals surface area contributed by atoms with Gasteiger partial charge in [-0.15, -0.1) is 24.8 Å². The quantitative estimate of drug-likeness (QED) is 0.699. The average Bonchev–Trinajstić information content (AvgIpc) is 3.18. The van der Waals surface area contributed by atoms with Gasteiger partial charge >= 0.3 is 0 Å². The van der Waals surface area contributed by atoms with Gasteiger partial charge in [0.2, 0.25) is 0 Å². The van der Waals surface area contributed by atoms with Gasteiger partial charge in [-0.25, -0.2) is 9.67 Å². The van der Waals surface area contributed by atoms with Gasteiger partial charge in [-0.2, -0.15) is 5.10 Å². The molecular formula is C23H37Cl2N5O. The van der Waals surface area contributed by atoms with Crippen LogP contribution >= 0.6 is 24.8 Å². The fourth-order valence-corrected chi connectivity index (χ4v) is 4.94. The van der Waals surface area contributed by atoms with Gasteiger partial charge < -0.3 is 10.2 Å². The SMILES string of the molecule is Cc1nn(C(C)(C)C)c2nc(C(C)C)cc(C(=O)N(C)C3CC4CCC(C3)N4)c12.Cl.Cl. The van der Waals surface area contributed by atoms with Crippen molar-refractivity contribution < 1.29 is 4.79 Å². The highest BCUT2D eigenvalue weighted by Gasteiger charge is 2.37. The molecule has 2 aliphatic rings. The summed E-state index contributed by atoms with van der Waals surface area (Å²) >= 11 is 0. The highest BCUT2D eigenvalue weighted by Crippen LogP contribution is 2.33. The molecular weight excluding hydrogens is 433 g/mol. The third-order valence-corrected chi connectivity index (χ3v) is 6.61. The van der Waals surface area contributed by atoms with Gasteiger partial charge in [0.25, 0.3) is 5.91 Å². The van der Waals surface area contributed by atoms with Crippen LogP contribution in [-0.2, 0) is 5.54 Å². The number of carbonyl (C=O) groups excluding carboxylic acids is 1. The molecule has 174 valence electrons. The van der Waals surface area contributed by atoms with E-state index in [1.807, 2.05) is 29.6 Å². The van der Waals surface area contributed by atoms with Crippen LogP contribution in [0.25, 0.3) is 11.0 Å². The van der Waals surface area contributed by atoms with E-state index >= 15 is 0 Å². The molecule has 2 aliphatic heterocycles. The lowest BCUT2D eigenvalue weighted by atomic mass is 9.97. The number of amides is 1. The van der Waals surface area contributed by atoms with Gasteiger partial charge in [0.05, 0.1) is 22.2 Å². The third kappa shape index (κ3) is 4.71. The van der Waals surface area contributed by atoms with Gasteiger partial charge in [0, 0.05) is 30.9 Å². The molecule has 2 bridgehead atoms. The first-order chi connectivity index (χ1) is 13.6. The van der Waals surface area contributed by atoms with E-state index < -0.39 is 0 Å². The second-order valence-electron chi connectivity index (χ2n) is 10.3. The van der Waals surface area contributed by atoms with Crippen molar-refractivity contribution in [2.75, 3.05) is 7.05 Å². The number of rotatable bonds is 3. The zero-order valence-corrected chi connectivity index (χ0v) is 21.4. The monoisotopic (exact) mass is 469 g/mol. The van der Waals surface area contributed by atoms with Gasteiger partial charge in [0.1, 0.15) is 0 Å². The molecule has 2 aromatic heterocycles. The summed E-state index contributed by atoms with van der Waals surface area (Å²) in [6, 6.07) is 3.42. The van der Waals surface area contributed by atoms with Gasteiger partial charge in [-0.3, -0.25) is 4.79 Å². The number of nitrogens with zero attached hydrogens (tertiary/aromatic N) is 4. The van der Waals surface area contributed by atoms with Crippen LogP contribution in [-0.4, -0.2) is 50.7 Å². The molecule has 0 spiro atoms. The summed E-state index contributed by atoms with van der Waals surface area (Å²) in [4.78, 5) is 20.6. The lowest BCUT2D eigenvalue weighted by Gasteiger charge is -2.35. The molecule has 8 heteroatoms. The number of piperidine rings is 1. The van der Waals surface area contributed by atoms with Crippen molar-refractivity contribution in [2.45, 2.75) is 96.8 Å². The lowest BCUT2D eigenvalue weighted by Crippen LogP contribution is -2.48. The number of fused-ring (bicyclic) bond motifs is 3. The van der Waals surface area contributed by atoms with Crippen LogP contribution in [0.1, 0.15) is 88.0 Å². The van der Waals surface area contributed by atoms with Crippen LogP contribution in [0.2, 0.25) is 0 Å². The van der Waals surface area contributed by atoms with E-state index in [1.165, 1.54) is 12.8 Å². The van der Waals surface area contributed by atoms with Crippen LogP contribution in [0.15, 0.2) is 6.07 Å². The Labute approximate surface area is 198 Å². The Balaban J connectivity index is 0.00000171. The fraction of sp³-hybridized carbons (Fsp3) is 0.696.